The van der Waals surface area contributed by atoms with Crippen LogP contribution in [0.3, 0.4) is 0 Å². The zero-order chi connectivity index (χ0) is 21.3. The van der Waals surface area contributed by atoms with Crippen molar-refractivity contribution in [1.82, 2.24) is 19.5 Å². The van der Waals surface area contributed by atoms with Gasteiger partial charge in [-0.15, -0.1) is 9.42 Å². The molecule has 2 N–H and O–H groups in total. The molecule has 4 rings (SSSR count). The van der Waals surface area contributed by atoms with E-state index in [1.165, 1.54) is 23.0 Å². The molecule has 13 heteroatoms. The Hall–Kier alpha value is -2.89. The molecule has 0 radical (unpaired) electrons. The van der Waals surface area contributed by atoms with E-state index in [4.69, 9.17) is 18.9 Å². The molecule has 0 amide bonds. The number of hydrogen-bond acceptors (Lipinski definition) is 9. The van der Waals surface area contributed by atoms with Crippen LogP contribution in [0, 0.1) is 6.08 Å². The van der Waals surface area contributed by atoms with Crippen molar-refractivity contribution >= 4 is 25.4 Å². The number of nitrogens with zero attached hydrogens (tertiary/aromatic N) is 4. The highest BCUT2D eigenvalue weighted by Crippen LogP contribution is 2.37. The van der Waals surface area contributed by atoms with Gasteiger partial charge >= 0.3 is 20.3 Å². The number of imidazole rings is 1. The molecule has 0 spiro atoms. The fraction of sp³-hybridized carbons (Fsp3) is 0.294. The maximum atomic E-state index is 14.1. The SMILES string of the molecule is O=C(Oc1nc(F)nc2c1ncn2[C@H]1C[C@H](O[P+](=O)O)[C@@H](CO)O1)c1ccccc1. The first-order valence-corrected chi connectivity index (χ1v) is 9.86. The standard InChI is InChI=1S/C17H14FN4O7P/c18-17-20-14-13(15(21-17)28-16(24)9-4-2-1-3-5-9)19-8-22(14)12-6-10(29-30(25)26)11(7-23)27-12/h1-5,8,10-12,23H,6-7H2/p+1/t10-,11+,12+/m0/s1. The molecule has 4 atom stereocenters. The lowest BCUT2D eigenvalue weighted by Crippen LogP contribution is -2.25. The van der Waals surface area contributed by atoms with Gasteiger partial charge in [0.15, 0.2) is 11.2 Å². The van der Waals surface area contributed by atoms with Crippen molar-refractivity contribution in [1.29, 1.82) is 0 Å². The van der Waals surface area contributed by atoms with Gasteiger partial charge < -0.3 is 14.6 Å². The maximum absolute atomic E-state index is 14.1. The lowest BCUT2D eigenvalue weighted by molar-refractivity contribution is -0.0395. The molecule has 3 aromatic rings. The summed E-state index contributed by atoms with van der Waals surface area (Å²) in [5.41, 5.74) is 0.239. The van der Waals surface area contributed by atoms with E-state index >= 15 is 0 Å². The van der Waals surface area contributed by atoms with Gasteiger partial charge in [0.25, 0.3) is 5.88 Å². The second-order valence-electron chi connectivity index (χ2n) is 6.31. The van der Waals surface area contributed by atoms with Crippen LogP contribution >= 0.6 is 8.25 Å². The van der Waals surface area contributed by atoms with Crippen LogP contribution in [0.2, 0.25) is 0 Å². The number of ether oxygens (including phenoxy) is 2. The van der Waals surface area contributed by atoms with Crippen molar-refractivity contribution in [2.45, 2.75) is 24.9 Å². The second-order valence-corrected chi connectivity index (χ2v) is 6.99. The van der Waals surface area contributed by atoms with Gasteiger partial charge in [-0.1, -0.05) is 18.2 Å². The lowest BCUT2D eigenvalue weighted by atomic mass is 10.2. The summed E-state index contributed by atoms with van der Waals surface area (Å²) >= 11 is 0. The van der Waals surface area contributed by atoms with Crippen molar-refractivity contribution in [2.75, 3.05) is 6.61 Å². The van der Waals surface area contributed by atoms with E-state index in [2.05, 4.69) is 15.0 Å². The van der Waals surface area contributed by atoms with Crippen LogP contribution in [0.4, 0.5) is 4.39 Å². The number of aromatic nitrogens is 4. The van der Waals surface area contributed by atoms with Crippen LogP contribution in [0.25, 0.3) is 11.2 Å². The Morgan fingerprint density at radius 2 is 2.10 bits per heavy atom. The Morgan fingerprint density at radius 1 is 1.33 bits per heavy atom. The van der Waals surface area contributed by atoms with Gasteiger partial charge in [0.2, 0.25) is 0 Å². The number of esters is 1. The predicted molar refractivity (Wildman–Crippen MR) is 97.0 cm³/mol. The summed E-state index contributed by atoms with van der Waals surface area (Å²) in [6.45, 7) is -0.458. The lowest BCUT2D eigenvalue weighted by Gasteiger charge is -2.13. The summed E-state index contributed by atoms with van der Waals surface area (Å²) in [6.07, 6.45) is -2.36. The highest BCUT2D eigenvalue weighted by Gasteiger charge is 2.42. The van der Waals surface area contributed by atoms with Gasteiger partial charge in [-0.05, 0) is 12.1 Å². The first-order chi connectivity index (χ1) is 14.5. The molecule has 30 heavy (non-hydrogen) atoms. The molecule has 0 saturated carbocycles. The molecule has 2 aromatic heterocycles. The van der Waals surface area contributed by atoms with Gasteiger partial charge in [-0.3, -0.25) is 4.57 Å². The molecule has 1 unspecified atom stereocenters. The fourth-order valence-electron chi connectivity index (χ4n) is 3.13. The summed E-state index contributed by atoms with van der Waals surface area (Å²) in [4.78, 5) is 32.6. The molecular formula is C17H15FN4O7P+. The zero-order valence-electron chi connectivity index (χ0n) is 15.2. The summed E-state index contributed by atoms with van der Waals surface area (Å²) in [7, 11) is -2.91. The number of aliphatic hydroxyl groups excluding tert-OH is 1. The fourth-order valence-corrected chi connectivity index (χ4v) is 3.58. The van der Waals surface area contributed by atoms with Crippen LogP contribution in [0.1, 0.15) is 23.0 Å². The molecule has 1 aliphatic rings. The Labute approximate surface area is 169 Å². The van der Waals surface area contributed by atoms with Crippen LogP contribution < -0.4 is 4.74 Å². The van der Waals surface area contributed by atoms with Crippen LogP contribution in [0.5, 0.6) is 5.88 Å². The van der Waals surface area contributed by atoms with Crippen molar-refractivity contribution < 1.29 is 37.7 Å². The molecule has 1 fully saturated rings. The summed E-state index contributed by atoms with van der Waals surface area (Å²) in [5.74, 6) is -1.12. The van der Waals surface area contributed by atoms with Crippen molar-refractivity contribution in [3.8, 4) is 5.88 Å². The Bertz CT molecular complexity index is 1100. The van der Waals surface area contributed by atoms with E-state index in [0.29, 0.717) is 0 Å². The van der Waals surface area contributed by atoms with Crippen LogP contribution in [-0.4, -0.2) is 54.3 Å². The third kappa shape index (κ3) is 4.04. The van der Waals surface area contributed by atoms with Gasteiger partial charge in [-0.25, -0.2) is 9.78 Å². The summed E-state index contributed by atoms with van der Waals surface area (Å²) in [5, 5.41) is 9.42. The molecule has 0 aliphatic carbocycles. The highest BCUT2D eigenvalue weighted by molar-refractivity contribution is 7.32. The first kappa shape index (κ1) is 20.4. The number of fused-ring (bicyclic) bond motifs is 1. The number of carbonyl (C=O) groups is 1. The highest BCUT2D eigenvalue weighted by atomic mass is 31.1. The molecule has 156 valence electrons. The first-order valence-electron chi connectivity index (χ1n) is 8.72. The normalized spacial score (nSPS) is 21.7. The monoisotopic (exact) mass is 437 g/mol. The Morgan fingerprint density at radius 3 is 2.80 bits per heavy atom. The van der Waals surface area contributed by atoms with E-state index in [1.807, 2.05) is 0 Å². The molecular weight excluding hydrogens is 422 g/mol. The molecule has 0 bridgehead atoms. The predicted octanol–water partition coefficient (Wildman–Crippen LogP) is 1.50. The van der Waals surface area contributed by atoms with Crippen molar-refractivity contribution in [3.63, 3.8) is 0 Å². The smallest absolute Gasteiger partial charge is 0.401 e. The third-order valence-electron chi connectivity index (χ3n) is 4.46. The average Bonchev–Trinajstić information content (AvgIpc) is 3.31. The minimum atomic E-state index is -2.91. The number of halogens is 1. The number of carbonyl (C=O) groups excluding carboxylic acids is 1. The quantitative estimate of drug-likeness (QED) is 0.330. The molecule has 1 aliphatic heterocycles. The van der Waals surface area contributed by atoms with E-state index in [0.717, 1.165) is 0 Å². The topological polar surface area (TPSA) is 146 Å². The van der Waals surface area contributed by atoms with E-state index < -0.39 is 45.3 Å². The van der Waals surface area contributed by atoms with Crippen LogP contribution in [-0.2, 0) is 13.8 Å². The maximum Gasteiger partial charge on any atom is 0.695 e. The number of aliphatic hydroxyl groups is 1. The molecule has 1 saturated heterocycles. The van der Waals surface area contributed by atoms with Gasteiger partial charge in [0, 0.05) is 11.0 Å². The van der Waals surface area contributed by atoms with Gasteiger partial charge in [0.05, 0.1) is 18.5 Å². The Balaban J connectivity index is 1.64. The largest absolute Gasteiger partial charge is 0.695 e. The minimum absolute atomic E-state index is 0.0161. The second kappa shape index (κ2) is 8.46. The van der Waals surface area contributed by atoms with Crippen LogP contribution in [0.15, 0.2) is 36.7 Å². The zero-order valence-corrected chi connectivity index (χ0v) is 16.1. The van der Waals surface area contributed by atoms with E-state index in [1.54, 1.807) is 18.2 Å². The number of benzene rings is 1. The number of rotatable bonds is 6. The van der Waals surface area contributed by atoms with Gasteiger partial charge in [-0.2, -0.15) is 14.4 Å². The van der Waals surface area contributed by atoms with E-state index in [9.17, 15) is 18.9 Å². The molecule has 11 nitrogen and oxygen atoms in total. The minimum Gasteiger partial charge on any atom is -0.401 e. The average molecular weight is 437 g/mol. The van der Waals surface area contributed by atoms with Crippen molar-refractivity contribution in [2.24, 2.45) is 0 Å². The number of hydrogen-bond donors (Lipinski definition) is 2. The van der Waals surface area contributed by atoms with Crippen molar-refractivity contribution in [3.05, 3.63) is 48.3 Å². The third-order valence-corrected chi connectivity index (χ3v) is 4.91. The molecule has 1 aromatic carbocycles. The van der Waals surface area contributed by atoms with Gasteiger partial charge in [0.1, 0.15) is 18.4 Å². The molecule has 3 heterocycles. The van der Waals surface area contributed by atoms with E-state index in [-0.39, 0.29) is 29.0 Å². The summed E-state index contributed by atoms with van der Waals surface area (Å²) in [6, 6.07) is 8.09. The summed E-state index contributed by atoms with van der Waals surface area (Å²) < 4.78 is 42.1. The Kier molecular flexibility index (Phi) is 5.75.